The molecule has 0 fully saturated rings. The van der Waals surface area contributed by atoms with Gasteiger partial charge in [0.05, 0.1) is 26.8 Å². The fourth-order valence-corrected chi connectivity index (χ4v) is 3.92. The maximum atomic E-state index is 12.8. The first-order valence-corrected chi connectivity index (χ1v) is 9.46. The van der Waals surface area contributed by atoms with Gasteiger partial charge in [0, 0.05) is 18.0 Å². The van der Waals surface area contributed by atoms with Gasteiger partial charge in [0.25, 0.3) is 5.56 Å². The van der Waals surface area contributed by atoms with E-state index in [0.717, 1.165) is 23.0 Å². The molecule has 0 amide bonds. The van der Waals surface area contributed by atoms with Crippen LogP contribution in [0.5, 0.6) is 0 Å². The van der Waals surface area contributed by atoms with E-state index in [2.05, 4.69) is 36.5 Å². The predicted octanol–water partition coefficient (Wildman–Crippen LogP) is 2.01. The molecule has 0 unspecified atom stereocenters. The normalized spacial score (nSPS) is 11.7. The van der Waals surface area contributed by atoms with Gasteiger partial charge in [-0.25, -0.2) is 9.48 Å². The summed E-state index contributed by atoms with van der Waals surface area (Å²) in [5.74, 6) is -1.01. The smallest absolute Gasteiger partial charge is 0.335 e. The Bertz CT molecular complexity index is 1120. The number of carbonyl (C=O) groups is 1. The summed E-state index contributed by atoms with van der Waals surface area (Å²) in [6.45, 7) is 10.0. The molecule has 3 rings (SSSR count). The maximum Gasteiger partial charge on any atom is 0.335 e. The summed E-state index contributed by atoms with van der Waals surface area (Å²) in [5.41, 5.74) is 0.507. The van der Waals surface area contributed by atoms with E-state index in [0.29, 0.717) is 16.3 Å². The highest BCUT2D eigenvalue weighted by atomic mass is 32.1. The zero-order valence-electron chi connectivity index (χ0n) is 15.2. The van der Waals surface area contributed by atoms with E-state index in [1.54, 1.807) is 23.5 Å². The van der Waals surface area contributed by atoms with Crippen molar-refractivity contribution in [3.8, 4) is 5.69 Å². The minimum Gasteiger partial charge on any atom is -0.478 e. The molecule has 0 atom stereocenters. The summed E-state index contributed by atoms with van der Waals surface area (Å²) in [6.07, 6.45) is 1.83. The third-order valence-electron chi connectivity index (χ3n) is 4.35. The summed E-state index contributed by atoms with van der Waals surface area (Å²) >= 11 is 1.63. The van der Waals surface area contributed by atoms with Crippen molar-refractivity contribution in [3.63, 3.8) is 0 Å². The highest BCUT2D eigenvalue weighted by molar-refractivity contribution is 7.16. The summed E-state index contributed by atoms with van der Waals surface area (Å²) in [5, 5.41) is 14.1. The van der Waals surface area contributed by atoms with Crippen LogP contribution in [0.2, 0.25) is 0 Å². The molecule has 2 N–H and O–H groups in total. The summed E-state index contributed by atoms with van der Waals surface area (Å²) in [6, 6.07) is 10.2. The topological polar surface area (TPSA) is 78.3 Å². The van der Waals surface area contributed by atoms with E-state index in [1.807, 2.05) is 12.1 Å². The molecule has 0 radical (unpaired) electrons. The Balaban J connectivity index is 2.01. The molecule has 7 heteroatoms. The van der Waals surface area contributed by atoms with Crippen molar-refractivity contribution in [3.05, 3.63) is 67.8 Å². The molecule has 0 aliphatic rings. The monoisotopic (exact) mass is 383 g/mol. The summed E-state index contributed by atoms with van der Waals surface area (Å²) in [4.78, 5) is 27.0. The highest BCUT2D eigenvalue weighted by Gasteiger charge is 2.09. The van der Waals surface area contributed by atoms with Gasteiger partial charge in [-0.2, -0.15) is 0 Å². The standard InChI is InChI=1S/C20H21N3O3S/c1-4-22(5-2)18-11-10-16(27-18)12-17-13(3)21-23(19(17)24)15-8-6-14(7-9-15)20(25)26/h6-12,21H,3-5H2,1-2H3,(H,25,26). The number of H-pyrrole nitrogens is 1. The number of anilines is 1. The lowest BCUT2D eigenvalue weighted by Crippen LogP contribution is -2.33. The van der Waals surface area contributed by atoms with E-state index < -0.39 is 5.97 Å². The van der Waals surface area contributed by atoms with Gasteiger partial charge in [0.2, 0.25) is 0 Å². The fraction of sp³-hybridized carbons (Fsp3) is 0.200. The largest absolute Gasteiger partial charge is 0.478 e. The molecule has 3 aromatic rings. The van der Waals surface area contributed by atoms with E-state index in [1.165, 1.54) is 16.8 Å². The second kappa shape index (κ2) is 7.67. The number of benzene rings is 1. The first-order valence-electron chi connectivity index (χ1n) is 8.64. The lowest BCUT2D eigenvalue weighted by molar-refractivity contribution is 0.0697. The van der Waals surface area contributed by atoms with E-state index in [9.17, 15) is 9.59 Å². The Morgan fingerprint density at radius 3 is 2.48 bits per heavy atom. The number of carboxylic acids is 1. The first kappa shape index (κ1) is 18.7. The third kappa shape index (κ3) is 3.73. The van der Waals surface area contributed by atoms with Crippen molar-refractivity contribution in [2.45, 2.75) is 13.8 Å². The second-order valence-corrected chi connectivity index (χ2v) is 7.08. The van der Waals surface area contributed by atoms with Crippen LogP contribution in [-0.4, -0.2) is 33.9 Å². The van der Waals surface area contributed by atoms with Gasteiger partial charge < -0.3 is 10.0 Å². The average molecular weight is 383 g/mol. The summed E-state index contributed by atoms with van der Waals surface area (Å²) in [7, 11) is 0. The van der Waals surface area contributed by atoms with E-state index >= 15 is 0 Å². The van der Waals surface area contributed by atoms with Crippen LogP contribution in [0.1, 0.15) is 29.1 Å². The van der Waals surface area contributed by atoms with Crippen molar-refractivity contribution in [1.82, 2.24) is 9.78 Å². The molecule has 0 bridgehead atoms. The maximum absolute atomic E-state index is 12.8. The Morgan fingerprint density at radius 1 is 1.22 bits per heavy atom. The molecule has 2 heterocycles. The fourth-order valence-electron chi connectivity index (χ4n) is 2.85. The molecule has 140 valence electrons. The minimum atomic E-state index is -1.01. The molecule has 0 aliphatic carbocycles. The van der Waals surface area contributed by atoms with Crippen molar-refractivity contribution in [2.75, 3.05) is 18.0 Å². The van der Waals surface area contributed by atoms with Crippen LogP contribution in [0.3, 0.4) is 0 Å². The van der Waals surface area contributed by atoms with Gasteiger partial charge in [0.1, 0.15) is 0 Å². The number of rotatable bonds is 6. The number of aromatic nitrogens is 2. The van der Waals surface area contributed by atoms with Crippen molar-refractivity contribution >= 4 is 35.0 Å². The number of aromatic amines is 1. The van der Waals surface area contributed by atoms with E-state index in [-0.39, 0.29) is 11.1 Å². The van der Waals surface area contributed by atoms with Crippen LogP contribution in [0, 0.1) is 0 Å². The number of aromatic carboxylic acids is 1. The van der Waals surface area contributed by atoms with Gasteiger partial charge in [-0.05, 0) is 56.3 Å². The van der Waals surface area contributed by atoms with Crippen molar-refractivity contribution in [2.24, 2.45) is 0 Å². The van der Waals surface area contributed by atoms with Gasteiger partial charge in [-0.1, -0.05) is 6.58 Å². The van der Waals surface area contributed by atoms with Gasteiger partial charge >= 0.3 is 5.97 Å². The minimum absolute atomic E-state index is 0.169. The molecule has 27 heavy (non-hydrogen) atoms. The third-order valence-corrected chi connectivity index (χ3v) is 5.45. The van der Waals surface area contributed by atoms with Crippen LogP contribution >= 0.6 is 11.3 Å². The molecule has 1 aromatic carbocycles. The summed E-state index contributed by atoms with van der Waals surface area (Å²) < 4.78 is 1.37. The van der Waals surface area contributed by atoms with Gasteiger partial charge in [-0.15, -0.1) is 11.3 Å². The number of carboxylic acid groups (broad SMARTS) is 1. The van der Waals surface area contributed by atoms with Gasteiger partial charge in [-0.3, -0.25) is 9.89 Å². The SMILES string of the molecule is C=c1[nH]n(-c2ccc(C(=O)O)cc2)c(=O)c1=Cc1ccc(N(CC)CC)s1. The molecule has 0 spiro atoms. The van der Waals surface area contributed by atoms with Gasteiger partial charge in [0.15, 0.2) is 0 Å². The number of hydrogen-bond donors (Lipinski definition) is 2. The molecule has 0 aliphatic heterocycles. The Hall–Kier alpha value is -3.06. The quantitative estimate of drug-likeness (QED) is 0.683. The second-order valence-electron chi connectivity index (χ2n) is 5.99. The highest BCUT2D eigenvalue weighted by Crippen LogP contribution is 2.26. The predicted molar refractivity (Wildman–Crippen MR) is 110 cm³/mol. The van der Waals surface area contributed by atoms with Crippen LogP contribution in [0.4, 0.5) is 5.00 Å². The lowest BCUT2D eigenvalue weighted by Gasteiger charge is -2.17. The zero-order chi connectivity index (χ0) is 19.6. The number of thiophene rings is 1. The lowest BCUT2D eigenvalue weighted by atomic mass is 10.2. The molecular weight excluding hydrogens is 362 g/mol. The number of nitrogens with one attached hydrogen (secondary N) is 1. The van der Waals surface area contributed by atoms with Crippen LogP contribution in [-0.2, 0) is 0 Å². The Morgan fingerprint density at radius 2 is 1.89 bits per heavy atom. The Kier molecular flexibility index (Phi) is 5.32. The number of hydrogen-bond acceptors (Lipinski definition) is 4. The van der Waals surface area contributed by atoms with Crippen molar-refractivity contribution in [1.29, 1.82) is 0 Å². The Labute approximate surface area is 160 Å². The molecule has 2 aromatic heterocycles. The molecular formula is C20H21N3O3S. The molecule has 0 saturated heterocycles. The van der Waals surface area contributed by atoms with Crippen LogP contribution < -0.4 is 21.0 Å². The molecule has 0 saturated carbocycles. The average Bonchev–Trinajstić information content (AvgIpc) is 3.23. The molecule has 6 nitrogen and oxygen atoms in total. The van der Waals surface area contributed by atoms with Crippen molar-refractivity contribution < 1.29 is 9.90 Å². The first-order chi connectivity index (χ1) is 12.9. The van der Waals surface area contributed by atoms with E-state index in [4.69, 9.17) is 5.11 Å². The van der Waals surface area contributed by atoms with Crippen LogP contribution in [0.25, 0.3) is 18.3 Å². The van der Waals surface area contributed by atoms with Crippen LogP contribution in [0.15, 0.2) is 41.2 Å². The zero-order valence-corrected chi connectivity index (χ0v) is 16.0. The number of nitrogens with zero attached hydrogens (tertiary/aromatic N) is 2.